The average molecular weight is 896 g/mol. The number of amides is 1. The molecule has 2 aliphatic rings. The Morgan fingerprint density at radius 2 is 1.45 bits per heavy atom. The number of sulfonamides is 1. The summed E-state index contributed by atoms with van der Waals surface area (Å²) < 4.78 is 54.3. The maximum atomic E-state index is 13.7. The third kappa shape index (κ3) is 11.0. The molecule has 0 saturated carbocycles. The van der Waals surface area contributed by atoms with E-state index in [0.717, 1.165) is 75.5 Å². The minimum atomic E-state index is -3.97. The van der Waals surface area contributed by atoms with E-state index in [2.05, 4.69) is 46.1 Å². The molecule has 11 nitrogen and oxygen atoms in total. The Morgan fingerprint density at radius 3 is 2.14 bits per heavy atom. The van der Waals surface area contributed by atoms with Crippen molar-refractivity contribution < 1.29 is 37.3 Å². The second kappa shape index (κ2) is 20.5. The summed E-state index contributed by atoms with van der Waals surface area (Å²) >= 11 is 0. The second-order valence-electron chi connectivity index (χ2n) is 17.0. The standard InChI is InChI=1S/C53H57N3O8S/c1-35-13-23-46(24-14-35)65(59,60)55-47(28-37-9-6-5-7-10-37)52(58)54-31-39-11-8-12-43(27-39)40-19-21-42(22-20-40)53-63-50(36(2)51(64-53)41-17-15-38(34-57)16-18-41)33-56-26-25-44-29-48(61-3)49(62-4)30-45(44)32-56/h5-24,27,29-30,36,47,50-51,53,55,57H,25-26,28,31-34H2,1-4H3,(H,54,58)/t36-,47+,50+,51+,53+/m0/s1. The highest BCUT2D eigenvalue weighted by atomic mass is 32.2. The molecule has 0 unspecified atom stereocenters. The lowest BCUT2D eigenvalue weighted by Gasteiger charge is -2.43. The molecule has 0 aromatic heterocycles. The Bertz CT molecular complexity index is 2660. The van der Waals surface area contributed by atoms with Crippen molar-refractivity contribution in [2.24, 2.45) is 5.92 Å². The predicted molar refractivity (Wildman–Crippen MR) is 251 cm³/mol. The molecule has 5 atom stereocenters. The predicted octanol–water partition coefficient (Wildman–Crippen LogP) is 8.23. The van der Waals surface area contributed by atoms with Crippen LogP contribution >= 0.6 is 0 Å². The van der Waals surface area contributed by atoms with Gasteiger partial charge in [0.1, 0.15) is 6.04 Å². The van der Waals surface area contributed by atoms with Crippen LogP contribution in [0.15, 0.2) is 144 Å². The van der Waals surface area contributed by atoms with E-state index < -0.39 is 28.3 Å². The first-order valence-corrected chi connectivity index (χ1v) is 23.5. The largest absolute Gasteiger partial charge is 0.493 e. The topological polar surface area (TPSA) is 136 Å². The van der Waals surface area contributed by atoms with E-state index in [4.69, 9.17) is 18.9 Å². The van der Waals surface area contributed by atoms with Gasteiger partial charge in [0, 0.05) is 37.7 Å². The summed E-state index contributed by atoms with van der Waals surface area (Å²) in [5, 5.41) is 12.7. The van der Waals surface area contributed by atoms with Gasteiger partial charge in [-0.1, -0.05) is 122 Å². The van der Waals surface area contributed by atoms with E-state index in [0.29, 0.717) is 6.54 Å². The molecule has 2 heterocycles. The highest BCUT2D eigenvalue weighted by Gasteiger charge is 2.39. The number of methoxy groups -OCH3 is 2. The van der Waals surface area contributed by atoms with E-state index in [-0.39, 0.29) is 42.6 Å². The van der Waals surface area contributed by atoms with Gasteiger partial charge in [-0.25, -0.2) is 8.42 Å². The molecule has 0 bridgehead atoms. The lowest BCUT2D eigenvalue weighted by molar-refractivity contribution is -0.276. The van der Waals surface area contributed by atoms with Gasteiger partial charge in [-0.05, 0) is 94.6 Å². The van der Waals surface area contributed by atoms with Gasteiger partial charge in [0.25, 0.3) is 0 Å². The van der Waals surface area contributed by atoms with Gasteiger partial charge in [-0.3, -0.25) is 9.69 Å². The van der Waals surface area contributed by atoms with Crippen LogP contribution in [0.25, 0.3) is 11.1 Å². The normalized spacial score (nSPS) is 19.2. The van der Waals surface area contributed by atoms with Gasteiger partial charge in [-0.2, -0.15) is 4.72 Å². The van der Waals surface area contributed by atoms with E-state index in [1.807, 2.05) is 97.9 Å². The number of hydrogen-bond donors (Lipinski definition) is 3. The average Bonchev–Trinajstić information content (AvgIpc) is 3.33. The van der Waals surface area contributed by atoms with Gasteiger partial charge in [0.05, 0.1) is 37.9 Å². The molecule has 12 heteroatoms. The van der Waals surface area contributed by atoms with Crippen LogP contribution in [0.5, 0.6) is 11.5 Å². The quantitative estimate of drug-likeness (QED) is 0.0879. The SMILES string of the molecule is COc1cc2c(cc1OC)CN(C[C@H]1O[C@@H](c3ccc(-c4cccc(CNC(=O)[C@@H](Cc5ccccc5)NS(=O)(=O)c5ccc(C)cc5)c4)cc3)O[C@@H](c3ccc(CO)cc3)[C@H]1C)CC2. The fourth-order valence-electron chi connectivity index (χ4n) is 8.70. The van der Waals surface area contributed by atoms with Crippen LogP contribution in [0.2, 0.25) is 0 Å². The molecule has 6 aromatic carbocycles. The summed E-state index contributed by atoms with van der Waals surface area (Å²) in [5.74, 6) is 1.08. The van der Waals surface area contributed by atoms with E-state index >= 15 is 0 Å². The Kier molecular flexibility index (Phi) is 14.4. The summed E-state index contributed by atoms with van der Waals surface area (Å²) in [6.07, 6.45) is 0.0678. The zero-order valence-corrected chi connectivity index (χ0v) is 38.1. The zero-order chi connectivity index (χ0) is 45.5. The van der Waals surface area contributed by atoms with Crippen molar-refractivity contribution in [1.82, 2.24) is 14.9 Å². The summed E-state index contributed by atoms with van der Waals surface area (Å²) in [6.45, 7) is 6.62. The number of nitrogens with one attached hydrogen (secondary N) is 2. The maximum absolute atomic E-state index is 13.7. The summed E-state index contributed by atoms with van der Waals surface area (Å²) in [4.78, 5) is 16.3. The molecule has 0 aliphatic carbocycles. The fraction of sp³-hybridized carbons (Fsp3) is 0.302. The number of rotatable bonds is 16. The number of aliphatic hydroxyl groups is 1. The number of aryl methyl sites for hydroxylation is 1. The first-order valence-electron chi connectivity index (χ1n) is 22.1. The highest BCUT2D eigenvalue weighted by molar-refractivity contribution is 7.89. The molecule has 0 radical (unpaired) electrons. The van der Waals surface area contributed by atoms with Crippen molar-refractivity contribution >= 4 is 15.9 Å². The Hall–Kier alpha value is -5.86. The first kappa shape index (κ1) is 45.7. The minimum Gasteiger partial charge on any atom is -0.493 e. The van der Waals surface area contributed by atoms with Gasteiger partial charge in [0.2, 0.25) is 15.9 Å². The number of carbonyl (C=O) groups is 1. The van der Waals surface area contributed by atoms with Crippen molar-refractivity contribution in [2.75, 3.05) is 27.3 Å². The number of benzene rings is 6. The van der Waals surface area contributed by atoms with Crippen molar-refractivity contribution in [3.8, 4) is 22.6 Å². The number of ether oxygens (including phenoxy) is 4. The molecule has 6 aromatic rings. The van der Waals surface area contributed by atoms with Crippen LogP contribution in [-0.4, -0.2) is 63.8 Å². The first-order chi connectivity index (χ1) is 31.5. The molecule has 65 heavy (non-hydrogen) atoms. The monoisotopic (exact) mass is 895 g/mol. The van der Waals surface area contributed by atoms with Gasteiger partial charge in [0.15, 0.2) is 17.8 Å². The van der Waals surface area contributed by atoms with Crippen molar-refractivity contribution in [3.63, 3.8) is 0 Å². The number of nitrogens with zero attached hydrogens (tertiary/aromatic N) is 1. The van der Waals surface area contributed by atoms with E-state index in [1.165, 1.54) is 11.1 Å². The molecule has 338 valence electrons. The number of aliphatic hydroxyl groups excluding tert-OH is 1. The molecule has 2 aliphatic heterocycles. The van der Waals surface area contributed by atoms with Crippen molar-refractivity contribution in [1.29, 1.82) is 0 Å². The molecule has 1 amide bonds. The van der Waals surface area contributed by atoms with Crippen LogP contribution in [0.4, 0.5) is 0 Å². The molecular weight excluding hydrogens is 839 g/mol. The third-order valence-corrected chi connectivity index (χ3v) is 14.0. The Labute approximate surface area is 382 Å². The summed E-state index contributed by atoms with van der Waals surface area (Å²) in [7, 11) is -0.644. The van der Waals surface area contributed by atoms with Crippen LogP contribution in [0.1, 0.15) is 63.8 Å². The fourth-order valence-corrected chi connectivity index (χ4v) is 9.89. The molecule has 1 fully saturated rings. The maximum Gasteiger partial charge on any atom is 0.241 e. The molecule has 3 N–H and O–H groups in total. The van der Waals surface area contributed by atoms with Gasteiger partial charge < -0.3 is 29.4 Å². The van der Waals surface area contributed by atoms with Crippen LogP contribution < -0.4 is 19.5 Å². The lowest BCUT2D eigenvalue weighted by atomic mass is 9.89. The van der Waals surface area contributed by atoms with Crippen LogP contribution in [0.3, 0.4) is 0 Å². The second-order valence-corrected chi connectivity index (χ2v) is 18.7. The molecule has 1 saturated heterocycles. The Morgan fingerprint density at radius 1 is 0.769 bits per heavy atom. The minimum absolute atomic E-state index is 0.0270. The summed E-state index contributed by atoms with van der Waals surface area (Å²) in [5.41, 5.74) is 9.83. The molecular formula is C53H57N3O8S. The molecule has 0 spiro atoms. The van der Waals surface area contributed by atoms with E-state index in [1.54, 1.807) is 38.5 Å². The van der Waals surface area contributed by atoms with Gasteiger partial charge in [-0.15, -0.1) is 0 Å². The Balaban J connectivity index is 0.967. The van der Waals surface area contributed by atoms with Crippen molar-refractivity contribution in [2.45, 2.75) is 75.8 Å². The van der Waals surface area contributed by atoms with Crippen molar-refractivity contribution in [3.05, 3.63) is 184 Å². The lowest BCUT2D eigenvalue weighted by Crippen LogP contribution is -2.47. The van der Waals surface area contributed by atoms with E-state index in [9.17, 15) is 18.3 Å². The summed E-state index contributed by atoms with van der Waals surface area (Å²) in [6, 6.07) is 43.1. The highest BCUT2D eigenvalue weighted by Crippen LogP contribution is 2.43. The van der Waals surface area contributed by atoms with Crippen LogP contribution in [-0.2, 0) is 56.8 Å². The third-order valence-electron chi connectivity index (χ3n) is 12.5. The zero-order valence-electron chi connectivity index (χ0n) is 37.3. The number of hydrogen-bond acceptors (Lipinski definition) is 9. The molecule has 8 rings (SSSR count). The van der Waals surface area contributed by atoms with Crippen LogP contribution in [0, 0.1) is 12.8 Å². The smallest absolute Gasteiger partial charge is 0.241 e. The number of fused-ring (bicyclic) bond motifs is 1. The number of carbonyl (C=O) groups excluding carboxylic acids is 1. The van der Waals surface area contributed by atoms with Gasteiger partial charge >= 0.3 is 0 Å².